The summed E-state index contributed by atoms with van der Waals surface area (Å²) in [6.07, 6.45) is -0.661. The van der Waals surface area contributed by atoms with E-state index in [0.29, 0.717) is 16.6 Å². The maximum Gasteiger partial charge on any atom is 0.266 e. The topological polar surface area (TPSA) is 60.5 Å². The number of aromatic nitrogens is 1. The highest BCUT2D eigenvalue weighted by Crippen LogP contribution is 2.32. The van der Waals surface area contributed by atoms with Gasteiger partial charge in [-0.25, -0.2) is 4.98 Å². The molecule has 0 bridgehead atoms. The van der Waals surface area contributed by atoms with E-state index in [1.54, 1.807) is 14.0 Å². The number of hydrogen-bond acceptors (Lipinski definition) is 5. The lowest BCUT2D eigenvalue weighted by atomic mass is 10.1. The fraction of sp³-hybridized carbons (Fsp3) is 0.130. The van der Waals surface area contributed by atoms with E-state index in [2.05, 4.69) is 22.4 Å². The number of hydrogen-bond donors (Lipinski definition) is 1. The number of thiazole rings is 1. The molecule has 1 aromatic heterocycles. The molecule has 0 aliphatic heterocycles. The molecule has 1 atom stereocenters. The van der Waals surface area contributed by atoms with Gasteiger partial charge in [-0.05, 0) is 42.3 Å². The van der Waals surface area contributed by atoms with Crippen LogP contribution < -0.4 is 14.8 Å². The third kappa shape index (κ3) is 4.22. The van der Waals surface area contributed by atoms with E-state index in [0.717, 1.165) is 21.3 Å². The minimum absolute atomic E-state index is 0.254. The lowest BCUT2D eigenvalue weighted by Crippen LogP contribution is -2.30. The summed E-state index contributed by atoms with van der Waals surface area (Å²) >= 11 is 1.40. The molecule has 5 nitrogen and oxygen atoms in total. The Morgan fingerprint density at radius 2 is 1.69 bits per heavy atom. The highest BCUT2D eigenvalue weighted by atomic mass is 32.1. The van der Waals surface area contributed by atoms with Crippen molar-refractivity contribution in [2.75, 3.05) is 12.4 Å². The summed E-state index contributed by atoms with van der Waals surface area (Å²) in [5.41, 5.74) is 2.97. The molecule has 4 aromatic rings. The molecule has 29 heavy (non-hydrogen) atoms. The van der Waals surface area contributed by atoms with Crippen LogP contribution in [0.3, 0.4) is 0 Å². The van der Waals surface area contributed by atoms with Crippen LogP contribution in [0.1, 0.15) is 6.92 Å². The molecule has 0 aliphatic rings. The quantitative estimate of drug-likeness (QED) is 0.469. The molecule has 0 radical (unpaired) electrons. The van der Waals surface area contributed by atoms with Gasteiger partial charge < -0.3 is 9.47 Å². The number of benzene rings is 3. The number of carbonyl (C=O) groups is 1. The Labute approximate surface area is 172 Å². The van der Waals surface area contributed by atoms with Crippen LogP contribution in [0.5, 0.6) is 11.5 Å². The van der Waals surface area contributed by atoms with Crippen LogP contribution in [0.25, 0.3) is 21.3 Å². The highest BCUT2D eigenvalue weighted by Gasteiger charge is 2.17. The SMILES string of the molecule is COc1cccc2sc(NC(=O)C(C)Oc3ccc(-c4ccccc4)cc3)nc12. The van der Waals surface area contributed by atoms with Gasteiger partial charge in [0.05, 0.1) is 11.8 Å². The van der Waals surface area contributed by atoms with Crippen molar-refractivity contribution in [2.24, 2.45) is 0 Å². The summed E-state index contributed by atoms with van der Waals surface area (Å²) in [5, 5.41) is 3.35. The molecule has 3 aromatic carbocycles. The molecule has 0 saturated heterocycles. The fourth-order valence-electron chi connectivity index (χ4n) is 2.96. The Balaban J connectivity index is 1.42. The smallest absolute Gasteiger partial charge is 0.266 e. The van der Waals surface area contributed by atoms with Crippen molar-refractivity contribution >= 4 is 32.6 Å². The maximum atomic E-state index is 12.5. The molecule has 0 spiro atoms. The first-order chi connectivity index (χ1) is 14.1. The van der Waals surface area contributed by atoms with Crippen molar-refractivity contribution in [3.05, 3.63) is 72.8 Å². The van der Waals surface area contributed by atoms with Crippen LogP contribution in [0.4, 0.5) is 5.13 Å². The molecule has 146 valence electrons. The van der Waals surface area contributed by atoms with Crippen molar-refractivity contribution in [1.82, 2.24) is 4.98 Å². The van der Waals surface area contributed by atoms with E-state index in [4.69, 9.17) is 9.47 Å². The van der Waals surface area contributed by atoms with Crippen LogP contribution in [-0.2, 0) is 4.79 Å². The largest absolute Gasteiger partial charge is 0.494 e. The number of amides is 1. The normalized spacial score (nSPS) is 11.8. The average Bonchev–Trinajstić information content (AvgIpc) is 3.17. The molecular formula is C23H20N2O3S. The maximum absolute atomic E-state index is 12.5. The van der Waals surface area contributed by atoms with Crippen molar-refractivity contribution in [1.29, 1.82) is 0 Å². The van der Waals surface area contributed by atoms with Crippen LogP contribution >= 0.6 is 11.3 Å². The Kier molecular flexibility index (Phi) is 5.44. The summed E-state index contributed by atoms with van der Waals surface area (Å²) in [6.45, 7) is 1.72. The molecule has 1 amide bonds. The zero-order chi connectivity index (χ0) is 20.2. The zero-order valence-electron chi connectivity index (χ0n) is 16.1. The van der Waals surface area contributed by atoms with Gasteiger partial charge in [-0.15, -0.1) is 0 Å². The zero-order valence-corrected chi connectivity index (χ0v) is 16.9. The number of fused-ring (bicyclic) bond motifs is 1. The summed E-state index contributed by atoms with van der Waals surface area (Å²) in [4.78, 5) is 17.0. The highest BCUT2D eigenvalue weighted by molar-refractivity contribution is 7.22. The number of ether oxygens (including phenoxy) is 2. The van der Waals surface area contributed by atoms with E-state index in [-0.39, 0.29) is 5.91 Å². The van der Waals surface area contributed by atoms with Crippen LogP contribution in [0.2, 0.25) is 0 Å². The van der Waals surface area contributed by atoms with E-state index in [1.807, 2.05) is 60.7 Å². The van der Waals surface area contributed by atoms with E-state index >= 15 is 0 Å². The van der Waals surface area contributed by atoms with E-state index in [1.165, 1.54) is 11.3 Å². The molecule has 0 aliphatic carbocycles. The molecule has 1 unspecified atom stereocenters. The minimum Gasteiger partial charge on any atom is -0.494 e. The number of nitrogens with zero attached hydrogens (tertiary/aromatic N) is 1. The number of rotatable bonds is 6. The Bertz CT molecular complexity index is 1120. The second-order valence-electron chi connectivity index (χ2n) is 6.47. The fourth-order valence-corrected chi connectivity index (χ4v) is 3.85. The van der Waals surface area contributed by atoms with Gasteiger partial charge >= 0.3 is 0 Å². The summed E-state index contributed by atoms with van der Waals surface area (Å²) in [5.74, 6) is 1.07. The third-order valence-corrected chi connectivity index (χ3v) is 5.41. The van der Waals surface area contributed by atoms with Gasteiger partial charge in [-0.1, -0.05) is 59.9 Å². The summed E-state index contributed by atoms with van der Waals surface area (Å²) in [6, 6.07) is 23.5. The van der Waals surface area contributed by atoms with E-state index < -0.39 is 6.10 Å². The number of para-hydroxylation sites is 1. The predicted octanol–water partition coefficient (Wildman–Crippen LogP) is 5.38. The average molecular weight is 404 g/mol. The van der Waals surface area contributed by atoms with Gasteiger partial charge in [-0.2, -0.15) is 0 Å². The first-order valence-corrected chi connectivity index (χ1v) is 10.0. The van der Waals surface area contributed by atoms with E-state index in [9.17, 15) is 4.79 Å². The van der Waals surface area contributed by atoms with Crippen molar-refractivity contribution < 1.29 is 14.3 Å². The standard InChI is InChI=1S/C23H20N2O3S/c1-15(28-18-13-11-17(12-14-18)16-7-4-3-5-8-16)22(26)25-23-24-21-19(27-2)9-6-10-20(21)29-23/h3-15H,1-2H3,(H,24,25,26). The second kappa shape index (κ2) is 8.32. The van der Waals surface area contributed by atoms with Crippen molar-refractivity contribution in [2.45, 2.75) is 13.0 Å². The summed E-state index contributed by atoms with van der Waals surface area (Å²) < 4.78 is 12.1. The number of anilines is 1. The van der Waals surface area contributed by atoms with Crippen LogP contribution in [0.15, 0.2) is 72.8 Å². The Morgan fingerprint density at radius 1 is 0.966 bits per heavy atom. The molecule has 6 heteroatoms. The lowest BCUT2D eigenvalue weighted by Gasteiger charge is -2.14. The van der Waals surface area contributed by atoms with Gasteiger partial charge in [0, 0.05) is 0 Å². The van der Waals surface area contributed by atoms with Crippen LogP contribution in [0, 0.1) is 0 Å². The molecule has 1 heterocycles. The molecule has 0 fully saturated rings. The van der Waals surface area contributed by atoms with Gasteiger partial charge in [0.2, 0.25) is 0 Å². The summed E-state index contributed by atoms with van der Waals surface area (Å²) in [7, 11) is 1.60. The first-order valence-electron chi connectivity index (χ1n) is 9.20. The number of methoxy groups -OCH3 is 1. The van der Waals surface area contributed by atoms with Crippen LogP contribution in [-0.4, -0.2) is 24.1 Å². The predicted molar refractivity (Wildman–Crippen MR) is 117 cm³/mol. The van der Waals surface area contributed by atoms with Gasteiger partial charge in [0.15, 0.2) is 11.2 Å². The lowest BCUT2D eigenvalue weighted by molar-refractivity contribution is -0.122. The molecule has 1 N–H and O–H groups in total. The Morgan fingerprint density at radius 3 is 2.41 bits per heavy atom. The Hall–Kier alpha value is -3.38. The molecule has 0 saturated carbocycles. The molecular weight excluding hydrogens is 384 g/mol. The number of nitrogens with one attached hydrogen (secondary N) is 1. The second-order valence-corrected chi connectivity index (χ2v) is 7.50. The van der Waals surface area contributed by atoms with Gasteiger partial charge in [-0.3, -0.25) is 10.1 Å². The van der Waals surface area contributed by atoms with Crippen molar-refractivity contribution in [3.8, 4) is 22.6 Å². The van der Waals surface area contributed by atoms with Gasteiger partial charge in [0.25, 0.3) is 5.91 Å². The van der Waals surface area contributed by atoms with Crippen molar-refractivity contribution in [3.63, 3.8) is 0 Å². The first kappa shape index (κ1) is 19.0. The van der Waals surface area contributed by atoms with Gasteiger partial charge in [0.1, 0.15) is 17.0 Å². The molecule has 4 rings (SSSR count). The number of carbonyl (C=O) groups excluding carboxylic acids is 1. The third-order valence-electron chi connectivity index (χ3n) is 4.48. The minimum atomic E-state index is -0.661. The monoisotopic (exact) mass is 404 g/mol.